The molecule has 9 aromatic rings. The van der Waals surface area contributed by atoms with Crippen molar-refractivity contribution in [2.75, 3.05) is 0 Å². The third kappa shape index (κ3) is 4.87. The molecule has 0 bridgehead atoms. The quantitative estimate of drug-likeness (QED) is 0.182. The summed E-state index contributed by atoms with van der Waals surface area (Å²) in [6, 6.07) is 27.6. The molecule has 0 N–H and O–H groups in total. The second-order valence-electron chi connectivity index (χ2n) is 13.3. The first-order valence-electron chi connectivity index (χ1n) is 21.9. The molecule has 4 heteroatoms. The smallest absolute Gasteiger partial charge is 0.164 e. The Hall–Kier alpha value is -6.65. The molecule has 52 heavy (non-hydrogen) atoms. The van der Waals surface area contributed by atoms with Crippen LogP contribution in [0.3, 0.4) is 0 Å². The van der Waals surface area contributed by atoms with E-state index in [0.717, 1.165) is 11.1 Å². The standard InChI is InChI=1S/C48H33N3O/c1-48(2)41-21-13-12-20-36(41)37-24-22-33(28-42(37)48)46-49-45(32-18-10-5-11-19-32)50-47(51-46)34-23-25-38-40-27-35(30-14-6-3-7-15-30)26-39(31-16-8-4-9-17-31)44(40)52-43(38)29-34/h3-29H,1-2H3/i3D,4D,6D,7D,8D,9D,14D,15D,16D,17D. The molecule has 0 saturated heterocycles. The van der Waals surface area contributed by atoms with Crippen LogP contribution in [0.4, 0.5) is 0 Å². The van der Waals surface area contributed by atoms with Crippen LogP contribution in [0, 0.1) is 0 Å². The summed E-state index contributed by atoms with van der Waals surface area (Å²) < 4.78 is 91.8. The summed E-state index contributed by atoms with van der Waals surface area (Å²) in [5, 5.41) is 0.991. The van der Waals surface area contributed by atoms with Crippen LogP contribution in [0.5, 0.6) is 0 Å². The lowest BCUT2D eigenvalue weighted by Gasteiger charge is -2.21. The number of aromatic nitrogens is 3. The maximum absolute atomic E-state index is 8.87. The predicted molar refractivity (Wildman–Crippen MR) is 212 cm³/mol. The van der Waals surface area contributed by atoms with E-state index in [4.69, 9.17) is 33.1 Å². The molecule has 7 aromatic carbocycles. The van der Waals surface area contributed by atoms with Gasteiger partial charge in [0.1, 0.15) is 11.2 Å². The highest BCUT2D eigenvalue weighted by molar-refractivity contribution is 6.12. The monoisotopic (exact) mass is 677 g/mol. The van der Waals surface area contributed by atoms with Crippen LogP contribution in [0.25, 0.3) is 89.5 Å². The molecule has 0 unspecified atom stereocenters. The summed E-state index contributed by atoms with van der Waals surface area (Å²) in [7, 11) is 0. The van der Waals surface area contributed by atoms with Crippen LogP contribution in [-0.4, -0.2) is 15.0 Å². The molecule has 0 fully saturated rings. The lowest BCUT2D eigenvalue weighted by Crippen LogP contribution is -2.15. The van der Waals surface area contributed by atoms with Gasteiger partial charge in [0.25, 0.3) is 0 Å². The lowest BCUT2D eigenvalue weighted by atomic mass is 9.82. The number of benzene rings is 7. The van der Waals surface area contributed by atoms with Gasteiger partial charge in [-0.3, -0.25) is 0 Å². The Kier molecular flexibility index (Phi) is 4.85. The van der Waals surface area contributed by atoms with Crippen molar-refractivity contribution in [3.8, 4) is 67.5 Å². The largest absolute Gasteiger partial charge is 0.455 e. The zero-order valence-corrected chi connectivity index (χ0v) is 28.1. The van der Waals surface area contributed by atoms with Crippen molar-refractivity contribution in [2.24, 2.45) is 0 Å². The van der Waals surface area contributed by atoms with E-state index >= 15 is 0 Å². The van der Waals surface area contributed by atoms with E-state index in [2.05, 4.69) is 50.2 Å². The molecule has 0 aliphatic heterocycles. The van der Waals surface area contributed by atoms with Gasteiger partial charge < -0.3 is 4.42 Å². The van der Waals surface area contributed by atoms with Gasteiger partial charge in [0.05, 0.1) is 13.7 Å². The number of hydrogen-bond acceptors (Lipinski definition) is 4. The minimum absolute atomic E-state index is 0.0922. The summed E-state index contributed by atoms with van der Waals surface area (Å²) in [4.78, 5) is 14.9. The molecule has 4 nitrogen and oxygen atoms in total. The van der Waals surface area contributed by atoms with Crippen molar-refractivity contribution in [3.05, 3.63) is 175 Å². The first-order chi connectivity index (χ1) is 29.6. The van der Waals surface area contributed by atoms with Gasteiger partial charge >= 0.3 is 0 Å². The molecule has 0 saturated carbocycles. The Morgan fingerprint density at radius 2 is 1.08 bits per heavy atom. The summed E-state index contributed by atoms with van der Waals surface area (Å²) in [5.74, 6) is 1.30. The molecule has 2 aromatic heterocycles. The van der Waals surface area contributed by atoms with E-state index < -0.39 is 60.4 Å². The maximum atomic E-state index is 8.87. The van der Waals surface area contributed by atoms with Gasteiger partial charge in [-0.05, 0) is 69.3 Å². The van der Waals surface area contributed by atoms with Crippen LogP contribution in [0.15, 0.2) is 168 Å². The van der Waals surface area contributed by atoms with E-state index in [1.54, 1.807) is 18.2 Å². The fraction of sp³-hybridized carbons (Fsp3) is 0.0625. The van der Waals surface area contributed by atoms with Crippen molar-refractivity contribution in [1.82, 2.24) is 15.0 Å². The van der Waals surface area contributed by atoms with Gasteiger partial charge in [-0.2, -0.15) is 0 Å². The molecule has 246 valence electrons. The molecule has 1 aliphatic rings. The highest BCUT2D eigenvalue weighted by Crippen LogP contribution is 2.49. The number of furan rings is 1. The normalized spacial score (nSPS) is 15.7. The average Bonchev–Trinajstić information content (AvgIpc) is 3.77. The van der Waals surface area contributed by atoms with Crippen molar-refractivity contribution in [3.63, 3.8) is 0 Å². The summed E-state index contributed by atoms with van der Waals surface area (Å²) in [5.41, 5.74) is 7.26. The average molecular weight is 678 g/mol. The van der Waals surface area contributed by atoms with E-state index in [0.29, 0.717) is 39.4 Å². The highest BCUT2D eigenvalue weighted by atomic mass is 16.3. The van der Waals surface area contributed by atoms with Gasteiger partial charge in [-0.25, -0.2) is 15.0 Å². The Morgan fingerprint density at radius 1 is 0.462 bits per heavy atom. The maximum Gasteiger partial charge on any atom is 0.164 e. The van der Waals surface area contributed by atoms with E-state index in [9.17, 15) is 0 Å². The van der Waals surface area contributed by atoms with Crippen molar-refractivity contribution in [1.29, 1.82) is 0 Å². The third-order valence-corrected chi connectivity index (χ3v) is 9.90. The molecule has 1 aliphatic carbocycles. The van der Waals surface area contributed by atoms with E-state index in [-0.39, 0.29) is 33.3 Å². The van der Waals surface area contributed by atoms with Gasteiger partial charge in [0, 0.05) is 38.4 Å². The fourth-order valence-electron chi connectivity index (χ4n) is 7.32. The van der Waals surface area contributed by atoms with Gasteiger partial charge in [-0.1, -0.05) is 147 Å². The molecule has 0 radical (unpaired) electrons. The lowest BCUT2D eigenvalue weighted by molar-refractivity contribution is 0.660. The van der Waals surface area contributed by atoms with Crippen molar-refractivity contribution in [2.45, 2.75) is 19.3 Å². The SMILES string of the molecule is [2H]c1c([2H])c([2H])c(-c2cc(-c3c([2H])c([2H])c([2H])c([2H])c3[2H])c3oc4cc(-c5nc(-c6ccccc6)nc(-c6ccc7c(c6)C(C)(C)c6ccccc6-7)n5)ccc4c3c2)c([2H])c1[2H]. The molecule has 0 amide bonds. The molecular weight excluding hydrogens is 635 g/mol. The molecule has 10 rings (SSSR count). The Bertz CT molecular complexity index is 3340. The first-order valence-corrected chi connectivity index (χ1v) is 16.9. The Balaban J connectivity index is 1.20. The van der Waals surface area contributed by atoms with Crippen LogP contribution in [0.2, 0.25) is 0 Å². The molecule has 0 atom stereocenters. The van der Waals surface area contributed by atoms with Crippen molar-refractivity contribution >= 4 is 21.9 Å². The Morgan fingerprint density at radius 3 is 1.83 bits per heavy atom. The summed E-state index contributed by atoms with van der Waals surface area (Å²) in [6.07, 6.45) is 0. The predicted octanol–water partition coefficient (Wildman–Crippen LogP) is 12.4. The van der Waals surface area contributed by atoms with E-state index in [1.165, 1.54) is 28.3 Å². The van der Waals surface area contributed by atoms with Crippen LogP contribution in [0.1, 0.15) is 38.7 Å². The zero-order valence-electron chi connectivity index (χ0n) is 38.1. The number of hydrogen-bond donors (Lipinski definition) is 0. The Labute approximate surface area is 316 Å². The second-order valence-corrected chi connectivity index (χ2v) is 13.3. The number of rotatable bonds is 5. The first kappa shape index (κ1) is 21.5. The summed E-state index contributed by atoms with van der Waals surface area (Å²) in [6.45, 7) is 4.43. The van der Waals surface area contributed by atoms with Crippen molar-refractivity contribution < 1.29 is 18.1 Å². The number of nitrogens with zero attached hydrogens (tertiary/aromatic N) is 3. The van der Waals surface area contributed by atoms with Crippen LogP contribution < -0.4 is 0 Å². The minimum atomic E-state index is -0.573. The second kappa shape index (κ2) is 11.7. The minimum Gasteiger partial charge on any atom is -0.455 e. The molecular formula is C48H33N3O. The highest BCUT2D eigenvalue weighted by Gasteiger charge is 2.35. The van der Waals surface area contributed by atoms with Crippen LogP contribution >= 0.6 is 0 Å². The topological polar surface area (TPSA) is 51.8 Å². The fourth-order valence-corrected chi connectivity index (χ4v) is 7.32. The van der Waals surface area contributed by atoms with E-state index in [1.807, 2.05) is 42.5 Å². The van der Waals surface area contributed by atoms with Gasteiger partial charge in [-0.15, -0.1) is 0 Å². The molecule has 2 heterocycles. The van der Waals surface area contributed by atoms with Gasteiger partial charge in [0.15, 0.2) is 17.5 Å². The third-order valence-electron chi connectivity index (χ3n) is 9.90. The number of fused-ring (bicyclic) bond motifs is 6. The van der Waals surface area contributed by atoms with Crippen LogP contribution in [-0.2, 0) is 5.41 Å². The molecule has 0 spiro atoms. The van der Waals surface area contributed by atoms with Gasteiger partial charge in [0.2, 0.25) is 0 Å². The zero-order chi connectivity index (χ0) is 43.5. The summed E-state index contributed by atoms with van der Waals surface area (Å²) >= 11 is 0.